The predicted octanol–water partition coefficient (Wildman–Crippen LogP) is 6.40. The van der Waals surface area contributed by atoms with Crippen LogP contribution in [0.25, 0.3) is 6.08 Å². The van der Waals surface area contributed by atoms with Gasteiger partial charge >= 0.3 is 0 Å². The Bertz CT molecular complexity index is 408. The minimum Gasteiger partial charge on any atom is -0.319 e. The summed E-state index contributed by atoms with van der Waals surface area (Å²) in [7, 11) is -2.12. The van der Waals surface area contributed by atoms with Crippen molar-refractivity contribution in [3.63, 3.8) is 0 Å². The quantitative estimate of drug-likeness (QED) is 0.360. The van der Waals surface area contributed by atoms with E-state index < -0.39 is 7.14 Å². The second-order valence-corrected chi connectivity index (χ2v) is 8.64. The van der Waals surface area contributed by atoms with Crippen molar-refractivity contribution in [3.05, 3.63) is 41.7 Å². The van der Waals surface area contributed by atoms with Crippen molar-refractivity contribution in [2.24, 2.45) is 0 Å². The maximum absolute atomic E-state index is 13.0. The molecule has 0 aliphatic heterocycles. The summed E-state index contributed by atoms with van der Waals surface area (Å²) in [4.78, 5) is 0. The normalized spacial score (nSPS) is 12.1. The summed E-state index contributed by atoms with van der Waals surface area (Å²) in [6, 6.07) is 10.2. The van der Waals surface area contributed by atoms with Crippen LogP contribution in [0.5, 0.6) is 0 Å². The van der Waals surface area contributed by atoms with Crippen molar-refractivity contribution in [2.75, 3.05) is 12.3 Å². The summed E-state index contributed by atoms with van der Waals surface area (Å²) in [5.74, 6) is 2.02. The summed E-state index contributed by atoms with van der Waals surface area (Å²) in [5, 5.41) is 0. The molecule has 112 valence electrons. The molecule has 1 aromatic carbocycles. The van der Waals surface area contributed by atoms with E-state index in [9.17, 15) is 4.57 Å². The number of unbranched alkanes of at least 4 members (excludes halogenated alkanes) is 4. The van der Waals surface area contributed by atoms with E-state index in [1.807, 2.05) is 24.0 Å². The third-order valence-electron chi connectivity index (χ3n) is 3.62. The Kier molecular flexibility index (Phi) is 8.62. The van der Waals surface area contributed by atoms with Crippen LogP contribution in [0.2, 0.25) is 0 Å². The lowest BCUT2D eigenvalue weighted by Crippen LogP contribution is -1.94. The van der Waals surface area contributed by atoms with E-state index in [4.69, 9.17) is 0 Å². The smallest absolute Gasteiger partial charge is 0.108 e. The van der Waals surface area contributed by atoms with Gasteiger partial charge in [-0.15, -0.1) is 0 Å². The van der Waals surface area contributed by atoms with Crippen LogP contribution in [-0.4, -0.2) is 12.3 Å². The highest BCUT2D eigenvalue weighted by Gasteiger charge is 2.17. The van der Waals surface area contributed by atoms with Gasteiger partial charge in [0.2, 0.25) is 0 Å². The molecule has 1 aromatic rings. The van der Waals surface area contributed by atoms with Gasteiger partial charge in [0.15, 0.2) is 0 Å². The summed E-state index contributed by atoms with van der Waals surface area (Å²) in [5.41, 5.74) is 1.15. The zero-order valence-corrected chi connectivity index (χ0v) is 13.9. The van der Waals surface area contributed by atoms with E-state index in [1.54, 1.807) is 0 Å². The molecule has 1 nitrogen and oxygen atoms in total. The van der Waals surface area contributed by atoms with Crippen molar-refractivity contribution < 1.29 is 4.57 Å². The Morgan fingerprint density at radius 3 is 1.95 bits per heavy atom. The van der Waals surface area contributed by atoms with Crippen LogP contribution in [0, 0.1) is 0 Å². The van der Waals surface area contributed by atoms with Crippen LogP contribution in [0.1, 0.15) is 57.9 Å². The average molecular weight is 292 g/mol. The molecule has 0 aliphatic carbocycles. The zero-order valence-electron chi connectivity index (χ0n) is 13.1. The SMILES string of the molecule is CCCCCP(=O)(C=Cc1ccccc1)CCCCC. The van der Waals surface area contributed by atoms with Gasteiger partial charge in [-0.2, -0.15) is 0 Å². The van der Waals surface area contributed by atoms with Gasteiger partial charge in [-0.05, 0) is 24.2 Å². The molecule has 0 unspecified atom stereocenters. The first-order valence-electron chi connectivity index (χ1n) is 8.02. The van der Waals surface area contributed by atoms with Crippen molar-refractivity contribution in [2.45, 2.75) is 52.4 Å². The lowest BCUT2D eigenvalue weighted by Gasteiger charge is -2.14. The van der Waals surface area contributed by atoms with Crippen LogP contribution in [0.15, 0.2) is 36.1 Å². The third-order valence-corrected chi connectivity index (χ3v) is 6.46. The standard InChI is InChI=1S/C18H29OP/c1-3-5-10-15-20(19,16-11-6-4-2)17-14-18-12-8-7-9-13-18/h7-9,12-14,17H,3-6,10-11,15-16H2,1-2H3. The van der Waals surface area contributed by atoms with E-state index in [0.29, 0.717) is 0 Å². The Morgan fingerprint density at radius 1 is 0.900 bits per heavy atom. The molecule has 0 atom stereocenters. The van der Waals surface area contributed by atoms with Gasteiger partial charge < -0.3 is 4.57 Å². The summed E-state index contributed by atoms with van der Waals surface area (Å²) in [6.07, 6.45) is 10.8. The molecule has 0 aromatic heterocycles. The fourth-order valence-electron chi connectivity index (χ4n) is 2.31. The second kappa shape index (κ2) is 10.00. The number of hydrogen-bond donors (Lipinski definition) is 0. The van der Waals surface area contributed by atoms with Crippen molar-refractivity contribution in [3.8, 4) is 0 Å². The summed E-state index contributed by atoms with van der Waals surface area (Å²) in [6.45, 7) is 4.39. The molecule has 1 rings (SSSR count). The first-order chi connectivity index (χ1) is 9.70. The van der Waals surface area contributed by atoms with E-state index in [1.165, 1.54) is 25.7 Å². The highest BCUT2D eigenvalue weighted by Crippen LogP contribution is 2.49. The van der Waals surface area contributed by atoms with E-state index >= 15 is 0 Å². The Balaban J connectivity index is 2.65. The first kappa shape index (κ1) is 17.2. The summed E-state index contributed by atoms with van der Waals surface area (Å²) < 4.78 is 13.0. The molecule has 0 aliphatic rings. The number of rotatable bonds is 10. The molecule has 0 heterocycles. The fraction of sp³-hybridized carbons (Fsp3) is 0.556. The van der Waals surface area contributed by atoms with Crippen LogP contribution in [-0.2, 0) is 4.57 Å². The van der Waals surface area contributed by atoms with Gasteiger partial charge in [-0.3, -0.25) is 0 Å². The molecule has 0 spiro atoms. The lowest BCUT2D eigenvalue weighted by molar-refractivity contribution is 0.574. The summed E-state index contributed by atoms with van der Waals surface area (Å²) >= 11 is 0. The molecule has 0 fully saturated rings. The second-order valence-electron chi connectivity index (χ2n) is 5.54. The molecule has 0 saturated carbocycles. The fourth-order valence-corrected chi connectivity index (χ4v) is 4.79. The van der Waals surface area contributed by atoms with E-state index in [-0.39, 0.29) is 0 Å². The monoisotopic (exact) mass is 292 g/mol. The largest absolute Gasteiger partial charge is 0.319 e. The Labute approximate surface area is 124 Å². The molecule has 0 amide bonds. The molecule has 2 heteroatoms. The molecule has 0 bridgehead atoms. The van der Waals surface area contributed by atoms with Gasteiger partial charge in [-0.25, -0.2) is 0 Å². The average Bonchev–Trinajstić information content (AvgIpc) is 2.47. The maximum Gasteiger partial charge on any atom is 0.108 e. The molecular formula is C18H29OP. The van der Waals surface area contributed by atoms with Crippen LogP contribution < -0.4 is 0 Å². The van der Waals surface area contributed by atoms with Crippen molar-refractivity contribution in [1.82, 2.24) is 0 Å². The van der Waals surface area contributed by atoms with Gasteiger partial charge in [0.25, 0.3) is 0 Å². The van der Waals surface area contributed by atoms with Gasteiger partial charge in [0.1, 0.15) is 7.14 Å². The lowest BCUT2D eigenvalue weighted by atomic mass is 10.2. The minimum absolute atomic E-state index is 0.883. The van der Waals surface area contributed by atoms with Gasteiger partial charge in [-0.1, -0.05) is 75.9 Å². The Morgan fingerprint density at radius 2 is 1.45 bits per heavy atom. The van der Waals surface area contributed by atoms with Crippen molar-refractivity contribution in [1.29, 1.82) is 0 Å². The van der Waals surface area contributed by atoms with Gasteiger partial charge in [0, 0.05) is 12.3 Å². The highest BCUT2D eigenvalue weighted by molar-refractivity contribution is 7.67. The van der Waals surface area contributed by atoms with Crippen LogP contribution in [0.4, 0.5) is 0 Å². The maximum atomic E-state index is 13.0. The number of benzene rings is 1. The molecule has 20 heavy (non-hydrogen) atoms. The molecule has 0 saturated heterocycles. The van der Waals surface area contributed by atoms with E-state index in [2.05, 4.69) is 32.1 Å². The third kappa shape index (κ3) is 7.10. The number of hydrogen-bond acceptors (Lipinski definition) is 1. The highest BCUT2D eigenvalue weighted by atomic mass is 31.2. The molecule has 0 N–H and O–H groups in total. The van der Waals surface area contributed by atoms with Crippen LogP contribution >= 0.6 is 7.14 Å². The van der Waals surface area contributed by atoms with Gasteiger partial charge in [0.05, 0.1) is 0 Å². The predicted molar refractivity (Wildman–Crippen MR) is 91.9 cm³/mol. The molecule has 0 radical (unpaired) electrons. The minimum atomic E-state index is -2.12. The van der Waals surface area contributed by atoms with Crippen LogP contribution in [0.3, 0.4) is 0 Å². The van der Waals surface area contributed by atoms with Crippen molar-refractivity contribution >= 4 is 13.2 Å². The van der Waals surface area contributed by atoms with E-state index in [0.717, 1.165) is 30.7 Å². The zero-order chi connectivity index (χ0) is 14.7. The first-order valence-corrected chi connectivity index (χ1v) is 10.2. The Hall–Kier alpha value is -0.810. The topological polar surface area (TPSA) is 17.1 Å². The molecular weight excluding hydrogens is 263 g/mol.